The molecule has 0 unspecified atom stereocenters. The van der Waals surface area contributed by atoms with E-state index in [0.717, 1.165) is 24.3 Å². The van der Waals surface area contributed by atoms with Crippen LogP contribution in [0.5, 0.6) is 0 Å². The maximum atomic E-state index is 11.9. The third-order valence-electron chi connectivity index (χ3n) is 5.33. The molecule has 4 heteroatoms. The standard InChI is InChI=1S/C26H35NOS2/c1-6-24(28)27-23(17-19-29-25(2,3)21-13-9-7-10-14-21)18-20-30-26(4,5)22-15-11-8-12-16-22/h6-16,23H,1,17-20H2,2-5H3,(H,27,28). The molecule has 0 radical (unpaired) electrons. The van der Waals surface area contributed by atoms with Gasteiger partial charge in [0, 0.05) is 15.5 Å². The first-order valence-electron chi connectivity index (χ1n) is 10.6. The number of thioether (sulfide) groups is 2. The molecule has 0 aliphatic heterocycles. The molecule has 0 atom stereocenters. The molecule has 0 aromatic heterocycles. The summed E-state index contributed by atoms with van der Waals surface area (Å²) in [7, 11) is 0. The smallest absolute Gasteiger partial charge is 0.243 e. The highest BCUT2D eigenvalue weighted by Crippen LogP contribution is 2.37. The van der Waals surface area contributed by atoms with E-state index in [0.29, 0.717) is 0 Å². The molecule has 1 N–H and O–H groups in total. The Bertz CT molecular complexity index is 730. The summed E-state index contributed by atoms with van der Waals surface area (Å²) in [5, 5.41) is 3.14. The molecule has 0 aliphatic carbocycles. The van der Waals surface area contributed by atoms with Crippen LogP contribution in [0.15, 0.2) is 73.3 Å². The van der Waals surface area contributed by atoms with E-state index in [9.17, 15) is 4.79 Å². The van der Waals surface area contributed by atoms with Crippen molar-refractivity contribution >= 4 is 29.4 Å². The summed E-state index contributed by atoms with van der Waals surface area (Å²) in [5.74, 6) is 1.91. The van der Waals surface area contributed by atoms with Crippen LogP contribution in [0.2, 0.25) is 0 Å². The van der Waals surface area contributed by atoms with Crippen LogP contribution in [0.3, 0.4) is 0 Å². The van der Waals surface area contributed by atoms with Gasteiger partial charge in [-0.3, -0.25) is 4.79 Å². The Morgan fingerprint density at radius 3 is 1.63 bits per heavy atom. The summed E-state index contributed by atoms with van der Waals surface area (Å²) in [4.78, 5) is 11.9. The zero-order chi connectivity index (χ0) is 22.0. The molecule has 2 aromatic carbocycles. The van der Waals surface area contributed by atoms with E-state index in [2.05, 4.69) is 100 Å². The lowest BCUT2D eigenvalue weighted by atomic mass is 10.0. The van der Waals surface area contributed by atoms with Crippen LogP contribution in [0.1, 0.15) is 51.7 Å². The van der Waals surface area contributed by atoms with Gasteiger partial charge in [0.15, 0.2) is 0 Å². The zero-order valence-corrected chi connectivity index (χ0v) is 20.3. The van der Waals surface area contributed by atoms with Crippen molar-refractivity contribution in [3.63, 3.8) is 0 Å². The summed E-state index contributed by atoms with van der Waals surface area (Å²) < 4.78 is 0.108. The third-order valence-corrected chi connectivity index (χ3v) is 8.12. The summed E-state index contributed by atoms with van der Waals surface area (Å²) in [5.41, 5.74) is 2.67. The number of hydrogen-bond donors (Lipinski definition) is 1. The van der Waals surface area contributed by atoms with Crippen LogP contribution in [0.4, 0.5) is 0 Å². The van der Waals surface area contributed by atoms with Gasteiger partial charge in [0.25, 0.3) is 0 Å². The van der Waals surface area contributed by atoms with E-state index in [4.69, 9.17) is 0 Å². The maximum absolute atomic E-state index is 11.9. The molecule has 2 nitrogen and oxygen atoms in total. The normalized spacial score (nSPS) is 12.0. The van der Waals surface area contributed by atoms with E-state index in [1.54, 1.807) is 0 Å². The lowest BCUT2D eigenvalue weighted by Crippen LogP contribution is -2.35. The van der Waals surface area contributed by atoms with Crippen LogP contribution in [0.25, 0.3) is 0 Å². The van der Waals surface area contributed by atoms with E-state index in [1.165, 1.54) is 17.2 Å². The highest BCUT2D eigenvalue weighted by molar-refractivity contribution is 8.00. The summed E-state index contributed by atoms with van der Waals surface area (Å²) >= 11 is 3.89. The number of carbonyl (C=O) groups is 1. The fourth-order valence-corrected chi connectivity index (χ4v) is 5.74. The Morgan fingerprint density at radius 1 is 0.867 bits per heavy atom. The van der Waals surface area contributed by atoms with Crippen LogP contribution >= 0.6 is 23.5 Å². The van der Waals surface area contributed by atoms with Gasteiger partial charge in [0.1, 0.15) is 0 Å². The molecular weight excluding hydrogens is 406 g/mol. The van der Waals surface area contributed by atoms with Gasteiger partial charge in [0.05, 0.1) is 0 Å². The quantitative estimate of drug-likeness (QED) is 0.368. The SMILES string of the molecule is C=CC(=O)NC(CCSC(C)(C)c1ccccc1)CCSC(C)(C)c1ccccc1. The Labute approximate surface area is 191 Å². The molecular formula is C26H35NOS2. The minimum absolute atomic E-state index is 0.0539. The average Bonchev–Trinajstić information content (AvgIpc) is 2.74. The fraction of sp³-hybridized carbons (Fsp3) is 0.423. The molecule has 162 valence electrons. The van der Waals surface area contributed by atoms with Crippen LogP contribution in [-0.2, 0) is 14.3 Å². The number of rotatable bonds is 12. The van der Waals surface area contributed by atoms with E-state index < -0.39 is 0 Å². The number of nitrogens with one attached hydrogen (secondary N) is 1. The molecule has 2 aromatic rings. The monoisotopic (exact) mass is 441 g/mol. The molecule has 1 amide bonds. The highest BCUT2D eigenvalue weighted by atomic mass is 32.2. The fourth-order valence-electron chi connectivity index (χ4n) is 3.31. The maximum Gasteiger partial charge on any atom is 0.243 e. The van der Waals surface area contributed by atoms with Crippen molar-refractivity contribution in [1.29, 1.82) is 0 Å². The van der Waals surface area contributed by atoms with Crippen LogP contribution in [0, 0.1) is 0 Å². The predicted molar refractivity (Wildman–Crippen MR) is 135 cm³/mol. The van der Waals surface area contributed by atoms with Crippen molar-refractivity contribution in [3.05, 3.63) is 84.4 Å². The average molecular weight is 442 g/mol. The summed E-state index contributed by atoms with van der Waals surface area (Å²) in [6.45, 7) is 12.7. The number of benzene rings is 2. The number of amides is 1. The first-order chi connectivity index (χ1) is 14.2. The Balaban J connectivity index is 1.89. The largest absolute Gasteiger partial charge is 0.350 e. The predicted octanol–water partition coefficient (Wildman–Crippen LogP) is 6.77. The van der Waals surface area contributed by atoms with Gasteiger partial charge in [-0.2, -0.15) is 23.5 Å². The van der Waals surface area contributed by atoms with Crippen molar-refractivity contribution in [1.82, 2.24) is 5.32 Å². The first kappa shape index (κ1) is 24.6. The molecule has 0 fully saturated rings. The van der Waals surface area contributed by atoms with Crippen molar-refractivity contribution in [2.75, 3.05) is 11.5 Å². The second-order valence-corrected chi connectivity index (χ2v) is 11.9. The second kappa shape index (κ2) is 11.7. The van der Waals surface area contributed by atoms with E-state index in [1.807, 2.05) is 23.5 Å². The minimum atomic E-state index is -0.0837. The van der Waals surface area contributed by atoms with Gasteiger partial charge in [-0.1, -0.05) is 67.2 Å². The van der Waals surface area contributed by atoms with E-state index in [-0.39, 0.29) is 21.4 Å². The molecule has 30 heavy (non-hydrogen) atoms. The van der Waals surface area contributed by atoms with Crippen molar-refractivity contribution in [2.45, 2.75) is 56.1 Å². The third kappa shape index (κ3) is 7.88. The van der Waals surface area contributed by atoms with Gasteiger partial charge in [-0.25, -0.2) is 0 Å². The molecule has 0 saturated heterocycles. The molecule has 0 saturated carbocycles. The highest BCUT2D eigenvalue weighted by Gasteiger charge is 2.23. The van der Waals surface area contributed by atoms with Crippen LogP contribution < -0.4 is 5.32 Å². The van der Waals surface area contributed by atoms with Gasteiger partial charge < -0.3 is 5.32 Å². The topological polar surface area (TPSA) is 29.1 Å². The Kier molecular flexibility index (Phi) is 9.57. The zero-order valence-electron chi connectivity index (χ0n) is 18.7. The molecule has 0 bridgehead atoms. The molecule has 0 heterocycles. The lowest BCUT2D eigenvalue weighted by molar-refractivity contribution is -0.117. The van der Waals surface area contributed by atoms with Crippen molar-refractivity contribution in [3.8, 4) is 0 Å². The Morgan fingerprint density at radius 2 is 1.27 bits per heavy atom. The molecule has 0 aliphatic rings. The van der Waals surface area contributed by atoms with Gasteiger partial charge in [-0.05, 0) is 69.2 Å². The number of carbonyl (C=O) groups excluding carboxylic acids is 1. The summed E-state index contributed by atoms with van der Waals surface area (Å²) in [6.07, 6.45) is 3.27. The number of hydrogen-bond acceptors (Lipinski definition) is 3. The molecule has 0 spiro atoms. The van der Waals surface area contributed by atoms with E-state index >= 15 is 0 Å². The van der Waals surface area contributed by atoms with Gasteiger partial charge in [-0.15, -0.1) is 0 Å². The Hall–Kier alpha value is -1.65. The minimum Gasteiger partial charge on any atom is -0.350 e. The van der Waals surface area contributed by atoms with Crippen molar-refractivity contribution < 1.29 is 4.79 Å². The van der Waals surface area contributed by atoms with Gasteiger partial charge in [0.2, 0.25) is 5.91 Å². The first-order valence-corrected chi connectivity index (χ1v) is 12.5. The second-order valence-electron chi connectivity index (χ2n) is 8.44. The lowest BCUT2D eigenvalue weighted by Gasteiger charge is -2.28. The van der Waals surface area contributed by atoms with Crippen LogP contribution in [-0.4, -0.2) is 23.5 Å². The molecule has 2 rings (SSSR count). The van der Waals surface area contributed by atoms with Crippen molar-refractivity contribution in [2.24, 2.45) is 0 Å². The summed E-state index contributed by atoms with van der Waals surface area (Å²) in [6, 6.07) is 21.4. The van der Waals surface area contributed by atoms with Gasteiger partial charge >= 0.3 is 0 Å².